The summed E-state index contributed by atoms with van der Waals surface area (Å²) in [5.41, 5.74) is 5.42. The molecule has 0 radical (unpaired) electrons. The lowest BCUT2D eigenvalue weighted by molar-refractivity contribution is 0.0718. The quantitative estimate of drug-likeness (QED) is 0.353. The zero-order valence-electron chi connectivity index (χ0n) is 17.8. The monoisotopic (exact) mass is 411 g/mol. The lowest BCUT2D eigenvalue weighted by atomic mass is 9.80. The second kappa shape index (κ2) is 7.80. The number of rotatable bonds is 6. The molecule has 5 heteroatoms. The summed E-state index contributed by atoms with van der Waals surface area (Å²) in [6.07, 6.45) is 3.45. The highest BCUT2D eigenvalue weighted by Crippen LogP contribution is 2.42. The van der Waals surface area contributed by atoms with Crippen molar-refractivity contribution in [2.24, 2.45) is 0 Å². The topological polar surface area (TPSA) is 37.5 Å². The van der Waals surface area contributed by atoms with Crippen LogP contribution < -0.4 is 4.74 Å². The van der Waals surface area contributed by atoms with Gasteiger partial charge >= 0.3 is 5.91 Å². The van der Waals surface area contributed by atoms with E-state index >= 15 is 0 Å². The normalized spacial score (nSPS) is 19.7. The molecule has 29 heavy (non-hydrogen) atoms. The molecule has 2 aliphatic heterocycles. The third-order valence-electron chi connectivity index (χ3n) is 5.79. The molecular weight excluding hydrogens is 382 g/mol. The molecule has 0 N–H and O–H groups in total. The molecule has 2 aliphatic rings. The van der Waals surface area contributed by atoms with Crippen molar-refractivity contribution in [1.82, 2.24) is 4.90 Å². The SMILES string of the molecule is C/C(=C\c1ccc(OCC2(N(C)C)OO2)cc1)c1ccc2c(c1)C(C)(C)CCS2. The maximum absolute atomic E-state index is 5.81. The Balaban J connectivity index is 1.47. The van der Waals surface area contributed by atoms with Crippen molar-refractivity contribution < 1.29 is 14.5 Å². The summed E-state index contributed by atoms with van der Waals surface area (Å²) in [6.45, 7) is 7.21. The summed E-state index contributed by atoms with van der Waals surface area (Å²) in [4.78, 5) is 13.4. The molecule has 2 aromatic rings. The van der Waals surface area contributed by atoms with Gasteiger partial charge in [0.05, 0.1) is 0 Å². The van der Waals surface area contributed by atoms with Gasteiger partial charge < -0.3 is 4.74 Å². The molecule has 0 spiro atoms. The second-order valence-corrected chi connectivity index (χ2v) is 9.79. The summed E-state index contributed by atoms with van der Waals surface area (Å²) < 4.78 is 5.81. The van der Waals surface area contributed by atoms with Gasteiger partial charge in [0.25, 0.3) is 0 Å². The number of nitrogens with zero attached hydrogens (tertiary/aromatic N) is 1. The first-order valence-corrected chi connectivity index (χ1v) is 11.0. The Morgan fingerprint density at radius 1 is 1.14 bits per heavy atom. The van der Waals surface area contributed by atoms with Crippen LogP contribution in [0.4, 0.5) is 0 Å². The number of benzene rings is 2. The van der Waals surface area contributed by atoms with E-state index in [4.69, 9.17) is 14.5 Å². The van der Waals surface area contributed by atoms with E-state index in [2.05, 4.69) is 57.2 Å². The van der Waals surface area contributed by atoms with Crippen molar-refractivity contribution in [1.29, 1.82) is 0 Å². The van der Waals surface area contributed by atoms with Gasteiger partial charge in [0.2, 0.25) is 0 Å². The summed E-state index contributed by atoms with van der Waals surface area (Å²) >= 11 is 1.98. The summed E-state index contributed by atoms with van der Waals surface area (Å²) in [5.74, 6) is 1.26. The van der Waals surface area contributed by atoms with Crippen LogP contribution in [-0.4, -0.2) is 37.3 Å². The Bertz CT molecular complexity index is 914. The highest BCUT2D eigenvalue weighted by molar-refractivity contribution is 7.99. The van der Waals surface area contributed by atoms with Crippen molar-refractivity contribution in [2.45, 2.75) is 43.4 Å². The van der Waals surface area contributed by atoms with Gasteiger partial charge in [-0.1, -0.05) is 38.1 Å². The molecule has 1 fully saturated rings. The largest absolute Gasteiger partial charge is 0.486 e. The maximum Gasteiger partial charge on any atom is 0.323 e. The van der Waals surface area contributed by atoms with E-state index in [1.54, 1.807) is 0 Å². The molecule has 154 valence electrons. The van der Waals surface area contributed by atoms with Crippen LogP contribution in [-0.2, 0) is 15.2 Å². The Kier molecular flexibility index (Phi) is 5.51. The molecule has 2 aromatic carbocycles. The van der Waals surface area contributed by atoms with E-state index in [-0.39, 0.29) is 5.41 Å². The van der Waals surface area contributed by atoms with Crippen molar-refractivity contribution in [2.75, 3.05) is 26.5 Å². The number of thioether (sulfide) groups is 1. The van der Waals surface area contributed by atoms with Crippen molar-refractivity contribution in [3.8, 4) is 5.75 Å². The van der Waals surface area contributed by atoms with Crippen molar-refractivity contribution in [3.63, 3.8) is 0 Å². The Morgan fingerprint density at radius 3 is 2.52 bits per heavy atom. The fourth-order valence-corrected chi connectivity index (χ4v) is 5.01. The van der Waals surface area contributed by atoms with Crippen LogP contribution in [0.5, 0.6) is 5.75 Å². The van der Waals surface area contributed by atoms with Gasteiger partial charge in [-0.15, -0.1) is 11.8 Å². The van der Waals surface area contributed by atoms with Crippen LogP contribution >= 0.6 is 11.8 Å². The minimum Gasteiger partial charge on any atom is -0.486 e. The molecule has 0 bridgehead atoms. The number of allylic oxidation sites excluding steroid dienone is 1. The Morgan fingerprint density at radius 2 is 1.86 bits per heavy atom. The zero-order chi connectivity index (χ0) is 20.6. The number of fused-ring (bicyclic) bond motifs is 1. The first-order chi connectivity index (χ1) is 13.8. The van der Waals surface area contributed by atoms with Crippen molar-refractivity contribution >= 4 is 23.4 Å². The van der Waals surface area contributed by atoms with Gasteiger partial charge in [-0.05, 0) is 85.1 Å². The molecule has 0 amide bonds. The minimum atomic E-state index is -0.742. The maximum atomic E-state index is 5.81. The van der Waals surface area contributed by atoms with E-state index < -0.39 is 5.91 Å². The highest BCUT2D eigenvalue weighted by atomic mass is 32.2. The predicted molar refractivity (Wildman–Crippen MR) is 119 cm³/mol. The van der Waals surface area contributed by atoms with Crippen LogP contribution in [0.15, 0.2) is 47.4 Å². The number of hydrogen-bond donors (Lipinski definition) is 0. The Labute approximate surface area is 177 Å². The molecule has 4 nitrogen and oxygen atoms in total. The van der Waals surface area contributed by atoms with Crippen molar-refractivity contribution in [3.05, 3.63) is 59.2 Å². The van der Waals surface area contributed by atoms with E-state index in [0.717, 1.165) is 11.3 Å². The summed E-state index contributed by atoms with van der Waals surface area (Å²) in [6, 6.07) is 15.0. The van der Waals surface area contributed by atoms with Crippen LogP contribution in [0.25, 0.3) is 11.6 Å². The second-order valence-electron chi connectivity index (χ2n) is 8.65. The molecule has 0 atom stereocenters. The standard InChI is InChI=1S/C24H29NO3S/c1-17(19-8-11-22-21(15-19)23(2,3)12-13-29-22)14-18-6-9-20(10-7-18)26-16-24(25(4)5)27-28-24/h6-11,14-15H,12-13,16H2,1-5H3/b17-14+. The molecule has 1 saturated heterocycles. The van der Waals surface area contributed by atoms with Gasteiger partial charge in [-0.3, -0.25) is 4.90 Å². The van der Waals surface area contributed by atoms with E-state index in [0.29, 0.717) is 6.61 Å². The molecule has 0 aliphatic carbocycles. The van der Waals surface area contributed by atoms with E-state index in [9.17, 15) is 0 Å². The molecule has 0 saturated carbocycles. The van der Waals surface area contributed by atoms with Crippen LogP contribution in [0, 0.1) is 0 Å². The zero-order valence-corrected chi connectivity index (χ0v) is 18.6. The van der Waals surface area contributed by atoms with Crippen LogP contribution in [0.1, 0.15) is 43.9 Å². The minimum absolute atomic E-state index is 0.245. The third-order valence-corrected chi connectivity index (χ3v) is 6.87. The van der Waals surface area contributed by atoms with Gasteiger partial charge in [0.15, 0.2) is 6.61 Å². The summed E-state index contributed by atoms with van der Waals surface area (Å²) in [5, 5.41) is 0. The first kappa shape index (κ1) is 20.5. The van der Waals surface area contributed by atoms with Gasteiger partial charge in [-0.2, -0.15) is 9.78 Å². The molecule has 0 aromatic heterocycles. The predicted octanol–water partition coefficient (Wildman–Crippen LogP) is 5.58. The lowest BCUT2D eigenvalue weighted by Crippen LogP contribution is -2.37. The average molecular weight is 412 g/mol. The van der Waals surface area contributed by atoms with Gasteiger partial charge in [0.1, 0.15) is 5.75 Å². The number of likely N-dealkylation sites (N-methyl/N-ethyl adjacent to an activating group) is 1. The fraction of sp³-hybridized carbons (Fsp3) is 0.417. The Hall–Kier alpha value is -1.79. The van der Waals surface area contributed by atoms with Gasteiger partial charge in [-0.25, -0.2) is 0 Å². The first-order valence-electron chi connectivity index (χ1n) is 10.0. The fourth-order valence-electron chi connectivity index (χ4n) is 3.52. The highest BCUT2D eigenvalue weighted by Gasteiger charge is 2.53. The van der Waals surface area contributed by atoms with E-state index in [1.807, 2.05) is 42.9 Å². The van der Waals surface area contributed by atoms with E-state index in [1.165, 1.54) is 33.8 Å². The average Bonchev–Trinajstić information content (AvgIpc) is 3.48. The number of hydrogen-bond acceptors (Lipinski definition) is 5. The molecule has 2 heterocycles. The third kappa shape index (κ3) is 4.38. The van der Waals surface area contributed by atoms with Crippen LogP contribution in [0.2, 0.25) is 0 Å². The molecule has 0 unspecified atom stereocenters. The molecular formula is C24H29NO3S. The number of ether oxygens (including phenoxy) is 1. The van der Waals surface area contributed by atoms with Crippen LogP contribution in [0.3, 0.4) is 0 Å². The summed E-state index contributed by atoms with van der Waals surface area (Å²) in [7, 11) is 3.79. The van der Waals surface area contributed by atoms with Gasteiger partial charge in [0, 0.05) is 4.90 Å². The lowest BCUT2D eigenvalue weighted by Gasteiger charge is -2.32. The smallest absolute Gasteiger partial charge is 0.323 e. The molecule has 4 rings (SSSR count).